The topological polar surface area (TPSA) is 72.2 Å². The first kappa shape index (κ1) is 16.7. The quantitative estimate of drug-likeness (QED) is 0.703. The monoisotopic (exact) mass is 353 g/mol. The van der Waals surface area contributed by atoms with Crippen LogP contribution in [0.4, 0.5) is 5.82 Å². The molecule has 0 bridgehead atoms. The molecule has 8 nitrogen and oxygen atoms in total. The molecule has 136 valence electrons. The summed E-state index contributed by atoms with van der Waals surface area (Å²) in [5.74, 6) is 1.78. The molecule has 2 aromatic heterocycles. The van der Waals surface area contributed by atoms with Crippen LogP contribution < -0.4 is 9.64 Å². The number of rotatable bonds is 4. The highest BCUT2D eigenvalue weighted by Gasteiger charge is 2.20. The smallest absolute Gasteiger partial charge is 0.183 e. The second-order valence-corrected chi connectivity index (χ2v) is 6.55. The van der Waals surface area contributed by atoms with Gasteiger partial charge in [0.2, 0.25) is 0 Å². The fraction of sp³-hybridized carbons (Fsp3) is 0.444. The first-order valence-electron chi connectivity index (χ1n) is 8.85. The van der Waals surface area contributed by atoms with Crippen LogP contribution in [0.3, 0.4) is 0 Å². The Kier molecular flexibility index (Phi) is 4.66. The summed E-state index contributed by atoms with van der Waals surface area (Å²) in [6.45, 7) is 4.87. The third kappa shape index (κ3) is 3.32. The number of aryl methyl sites for hydroxylation is 1. The van der Waals surface area contributed by atoms with Crippen LogP contribution in [-0.4, -0.2) is 63.2 Å². The van der Waals surface area contributed by atoms with E-state index in [-0.39, 0.29) is 0 Å². The minimum absolute atomic E-state index is 0.773. The highest BCUT2D eigenvalue weighted by atomic mass is 16.5. The number of methoxy groups -OCH3 is 1. The summed E-state index contributed by atoms with van der Waals surface area (Å²) in [5, 5.41) is 8.32. The largest absolute Gasteiger partial charge is 0.497 e. The maximum atomic E-state index is 5.23. The number of hydrogen-bond acceptors (Lipinski definition) is 7. The van der Waals surface area contributed by atoms with Gasteiger partial charge in [0.1, 0.15) is 12.1 Å². The van der Waals surface area contributed by atoms with Gasteiger partial charge in [0, 0.05) is 39.8 Å². The molecule has 0 atom stereocenters. The third-order valence-corrected chi connectivity index (χ3v) is 4.82. The van der Waals surface area contributed by atoms with Crippen LogP contribution >= 0.6 is 0 Å². The first-order chi connectivity index (χ1) is 12.7. The molecule has 1 aromatic carbocycles. The first-order valence-corrected chi connectivity index (χ1v) is 8.85. The molecule has 0 spiro atoms. The standard InChI is InChI=1S/C18H23N7O/c1-23-17-16(21-22-23)18(20-13-19-17)25-9-3-8-24(10-11-25)12-14-4-6-15(26-2)7-5-14/h4-7,13H,3,8-12H2,1-2H3. The Morgan fingerprint density at radius 2 is 1.88 bits per heavy atom. The molecule has 3 aromatic rings. The molecule has 1 fully saturated rings. The van der Waals surface area contributed by atoms with E-state index in [0.29, 0.717) is 0 Å². The Morgan fingerprint density at radius 1 is 1.04 bits per heavy atom. The van der Waals surface area contributed by atoms with Gasteiger partial charge in [0.25, 0.3) is 0 Å². The van der Waals surface area contributed by atoms with E-state index in [0.717, 1.165) is 61.9 Å². The van der Waals surface area contributed by atoms with Crippen LogP contribution in [-0.2, 0) is 13.6 Å². The van der Waals surface area contributed by atoms with Crippen molar-refractivity contribution in [1.29, 1.82) is 0 Å². The summed E-state index contributed by atoms with van der Waals surface area (Å²) in [6, 6.07) is 8.31. The van der Waals surface area contributed by atoms with Gasteiger partial charge in [-0.3, -0.25) is 4.90 Å². The van der Waals surface area contributed by atoms with Gasteiger partial charge in [-0.15, -0.1) is 5.10 Å². The molecule has 26 heavy (non-hydrogen) atoms. The Bertz CT molecular complexity index is 877. The van der Waals surface area contributed by atoms with Gasteiger partial charge in [-0.05, 0) is 24.1 Å². The molecule has 0 unspecified atom stereocenters. The van der Waals surface area contributed by atoms with Gasteiger partial charge in [0.15, 0.2) is 17.0 Å². The molecular weight excluding hydrogens is 330 g/mol. The highest BCUT2D eigenvalue weighted by Crippen LogP contribution is 2.22. The maximum absolute atomic E-state index is 5.23. The van der Waals surface area contributed by atoms with Crippen molar-refractivity contribution in [2.45, 2.75) is 13.0 Å². The summed E-state index contributed by atoms with van der Waals surface area (Å²) >= 11 is 0. The molecule has 1 aliphatic rings. The van der Waals surface area contributed by atoms with E-state index in [1.54, 1.807) is 18.1 Å². The lowest BCUT2D eigenvalue weighted by Gasteiger charge is -2.22. The van der Waals surface area contributed by atoms with E-state index < -0.39 is 0 Å². The SMILES string of the molecule is COc1ccc(CN2CCCN(c3ncnc4c3nnn4C)CC2)cc1. The van der Waals surface area contributed by atoms with Crippen LogP contribution in [0.1, 0.15) is 12.0 Å². The Labute approximate surface area is 152 Å². The van der Waals surface area contributed by atoms with Gasteiger partial charge in [0.05, 0.1) is 7.11 Å². The number of benzene rings is 1. The number of aromatic nitrogens is 5. The minimum Gasteiger partial charge on any atom is -0.497 e. The van der Waals surface area contributed by atoms with Crippen LogP contribution in [0, 0.1) is 0 Å². The Balaban J connectivity index is 1.45. The molecule has 0 aliphatic carbocycles. The number of anilines is 1. The van der Waals surface area contributed by atoms with E-state index in [1.807, 2.05) is 19.2 Å². The predicted octanol–water partition coefficient (Wildman–Crippen LogP) is 1.48. The molecule has 0 amide bonds. The lowest BCUT2D eigenvalue weighted by atomic mass is 10.2. The molecule has 3 heterocycles. The van der Waals surface area contributed by atoms with Crippen LogP contribution in [0.25, 0.3) is 11.2 Å². The normalized spacial score (nSPS) is 16.0. The van der Waals surface area contributed by atoms with E-state index in [1.165, 1.54) is 5.56 Å². The zero-order chi connectivity index (χ0) is 17.9. The van der Waals surface area contributed by atoms with Crippen molar-refractivity contribution in [3.63, 3.8) is 0 Å². The highest BCUT2D eigenvalue weighted by molar-refractivity contribution is 5.82. The summed E-state index contributed by atoms with van der Waals surface area (Å²) in [7, 11) is 3.55. The zero-order valence-corrected chi connectivity index (χ0v) is 15.2. The van der Waals surface area contributed by atoms with Crippen molar-refractivity contribution in [3.8, 4) is 5.75 Å². The Morgan fingerprint density at radius 3 is 2.69 bits per heavy atom. The fourth-order valence-electron chi connectivity index (χ4n) is 3.40. The summed E-state index contributed by atoms with van der Waals surface area (Å²) in [4.78, 5) is 13.5. The molecule has 8 heteroatoms. The summed E-state index contributed by atoms with van der Waals surface area (Å²) in [6.07, 6.45) is 2.68. The number of nitrogens with zero attached hydrogens (tertiary/aromatic N) is 7. The lowest BCUT2D eigenvalue weighted by molar-refractivity contribution is 0.285. The van der Waals surface area contributed by atoms with Gasteiger partial charge < -0.3 is 9.64 Å². The van der Waals surface area contributed by atoms with Crippen molar-refractivity contribution in [2.75, 3.05) is 38.2 Å². The second kappa shape index (κ2) is 7.25. The fourth-order valence-corrected chi connectivity index (χ4v) is 3.40. The number of fused-ring (bicyclic) bond motifs is 1. The summed E-state index contributed by atoms with van der Waals surface area (Å²) < 4.78 is 6.92. The zero-order valence-electron chi connectivity index (χ0n) is 15.2. The summed E-state index contributed by atoms with van der Waals surface area (Å²) in [5.41, 5.74) is 2.85. The lowest BCUT2D eigenvalue weighted by Crippen LogP contribution is -2.31. The molecule has 0 radical (unpaired) electrons. The van der Waals surface area contributed by atoms with Gasteiger partial charge in [-0.2, -0.15) is 0 Å². The molecule has 1 saturated heterocycles. The van der Waals surface area contributed by atoms with Crippen molar-refractivity contribution in [1.82, 2.24) is 29.9 Å². The molecule has 0 saturated carbocycles. The minimum atomic E-state index is 0.773. The molecular formula is C18H23N7O. The average Bonchev–Trinajstić information content (AvgIpc) is 2.91. The van der Waals surface area contributed by atoms with Crippen LogP contribution in [0.2, 0.25) is 0 Å². The average molecular weight is 353 g/mol. The van der Waals surface area contributed by atoms with Gasteiger partial charge in [-0.1, -0.05) is 17.3 Å². The van der Waals surface area contributed by atoms with Crippen LogP contribution in [0.15, 0.2) is 30.6 Å². The van der Waals surface area contributed by atoms with Gasteiger partial charge >= 0.3 is 0 Å². The maximum Gasteiger partial charge on any atom is 0.183 e. The van der Waals surface area contributed by atoms with E-state index in [9.17, 15) is 0 Å². The van der Waals surface area contributed by atoms with E-state index in [4.69, 9.17) is 4.74 Å². The number of hydrogen-bond donors (Lipinski definition) is 0. The van der Waals surface area contributed by atoms with Crippen molar-refractivity contribution in [2.24, 2.45) is 7.05 Å². The van der Waals surface area contributed by atoms with Crippen molar-refractivity contribution in [3.05, 3.63) is 36.2 Å². The van der Waals surface area contributed by atoms with E-state index >= 15 is 0 Å². The van der Waals surface area contributed by atoms with E-state index in [2.05, 4.69) is 42.2 Å². The predicted molar refractivity (Wildman–Crippen MR) is 99.2 cm³/mol. The van der Waals surface area contributed by atoms with Crippen molar-refractivity contribution >= 4 is 17.0 Å². The Hall–Kier alpha value is -2.74. The molecule has 1 aliphatic heterocycles. The molecule has 0 N–H and O–H groups in total. The van der Waals surface area contributed by atoms with Gasteiger partial charge in [-0.25, -0.2) is 14.6 Å². The molecule has 4 rings (SSSR count). The number of ether oxygens (including phenoxy) is 1. The third-order valence-electron chi connectivity index (χ3n) is 4.82. The van der Waals surface area contributed by atoms with Crippen LogP contribution in [0.5, 0.6) is 5.75 Å². The van der Waals surface area contributed by atoms with Crippen molar-refractivity contribution < 1.29 is 4.74 Å². The second-order valence-electron chi connectivity index (χ2n) is 6.55.